The third-order valence-corrected chi connectivity index (χ3v) is 4.27. The zero-order valence-electron chi connectivity index (χ0n) is 17.0. The highest BCUT2D eigenvalue weighted by molar-refractivity contribution is 5.97. The van der Waals surface area contributed by atoms with E-state index in [0.717, 1.165) is 0 Å². The van der Waals surface area contributed by atoms with E-state index in [2.05, 4.69) is 16.0 Å². The number of hydrogen-bond donors (Lipinski definition) is 3. The molecule has 0 aromatic heterocycles. The molecule has 0 saturated carbocycles. The summed E-state index contributed by atoms with van der Waals surface area (Å²) in [6.07, 6.45) is 0. The van der Waals surface area contributed by atoms with Gasteiger partial charge in [-0.25, -0.2) is 0 Å². The normalized spacial score (nSPS) is 10.4. The van der Waals surface area contributed by atoms with Crippen molar-refractivity contribution < 1.29 is 14.4 Å². The van der Waals surface area contributed by atoms with Crippen molar-refractivity contribution >= 4 is 34.8 Å². The molecule has 3 N–H and O–H groups in total. The Morgan fingerprint density at radius 3 is 1.00 bits per heavy atom. The molecule has 0 unspecified atom stereocenters. The van der Waals surface area contributed by atoms with E-state index in [1.165, 1.54) is 4.90 Å². The maximum atomic E-state index is 12.5. The van der Waals surface area contributed by atoms with Gasteiger partial charge in [0.2, 0.25) is 17.7 Å². The van der Waals surface area contributed by atoms with Gasteiger partial charge in [0, 0.05) is 17.1 Å². The van der Waals surface area contributed by atoms with Crippen LogP contribution in [0.4, 0.5) is 17.1 Å². The molecule has 0 saturated heterocycles. The standard InChI is InChI=1S/C24H24N4O3/c29-22(25-19-10-4-1-5-11-19)16-28(17-23(30)26-20-12-6-2-7-13-20)18-24(31)27-21-14-8-3-9-15-21/h1-15H,16-18H2,(H,25,29)(H,26,30)(H,27,31). The lowest BCUT2D eigenvalue weighted by atomic mass is 10.3. The van der Waals surface area contributed by atoms with Gasteiger partial charge in [-0.2, -0.15) is 0 Å². The molecule has 0 atom stereocenters. The van der Waals surface area contributed by atoms with Gasteiger partial charge >= 0.3 is 0 Å². The highest BCUT2D eigenvalue weighted by Crippen LogP contribution is 2.08. The van der Waals surface area contributed by atoms with Gasteiger partial charge in [0.15, 0.2) is 0 Å². The predicted octanol–water partition coefficient (Wildman–Crippen LogP) is 3.20. The van der Waals surface area contributed by atoms with E-state index in [-0.39, 0.29) is 37.4 Å². The molecule has 0 spiro atoms. The average Bonchev–Trinajstić information content (AvgIpc) is 2.75. The first kappa shape index (κ1) is 21.7. The molecule has 0 heterocycles. The Hall–Kier alpha value is -3.97. The van der Waals surface area contributed by atoms with Crippen LogP contribution in [-0.4, -0.2) is 42.3 Å². The van der Waals surface area contributed by atoms with Crippen molar-refractivity contribution in [2.24, 2.45) is 0 Å². The molecule has 3 amide bonds. The van der Waals surface area contributed by atoms with E-state index in [9.17, 15) is 14.4 Å². The third-order valence-electron chi connectivity index (χ3n) is 4.27. The number of rotatable bonds is 9. The van der Waals surface area contributed by atoms with E-state index in [4.69, 9.17) is 0 Å². The lowest BCUT2D eigenvalue weighted by molar-refractivity contribution is -0.122. The number of nitrogens with zero attached hydrogens (tertiary/aromatic N) is 1. The van der Waals surface area contributed by atoms with E-state index in [0.29, 0.717) is 17.1 Å². The molecule has 3 aromatic rings. The van der Waals surface area contributed by atoms with Crippen molar-refractivity contribution in [2.75, 3.05) is 35.6 Å². The molecular weight excluding hydrogens is 392 g/mol. The van der Waals surface area contributed by atoms with Crippen LogP contribution in [0.15, 0.2) is 91.0 Å². The fourth-order valence-electron chi connectivity index (χ4n) is 2.94. The lowest BCUT2D eigenvalue weighted by Crippen LogP contribution is -2.43. The molecule has 0 radical (unpaired) electrons. The fourth-order valence-corrected chi connectivity index (χ4v) is 2.94. The van der Waals surface area contributed by atoms with Crippen LogP contribution < -0.4 is 16.0 Å². The SMILES string of the molecule is O=C(CN(CC(=O)Nc1ccccc1)CC(=O)Nc1ccccc1)Nc1ccccc1. The summed E-state index contributed by atoms with van der Waals surface area (Å²) in [5.74, 6) is -0.941. The van der Waals surface area contributed by atoms with E-state index >= 15 is 0 Å². The minimum atomic E-state index is -0.314. The number of hydrogen-bond acceptors (Lipinski definition) is 4. The Morgan fingerprint density at radius 1 is 0.484 bits per heavy atom. The molecule has 0 aliphatic carbocycles. The molecule has 0 fully saturated rings. The van der Waals surface area contributed by atoms with Crippen molar-refractivity contribution in [3.63, 3.8) is 0 Å². The van der Waals surface area contributed by atoms with Gasteiger partial charge in [0.25, 0.3) is 0 Å². The Balaban J connectivity index is 1.62. The van der Waals surface area contributed by atoms with Crippen LogP contribution in [0.25, 0.3) is 0 Å². The largest absolute Gasteiger partial charge is 0.325 e. The van der Waals surface area contributed by atoms with Crippen LogP contribution >= 0.6 is 0 Å². The maximum absolute atomic E-state index is 12.5. The second-order valence-corrected chi connectivity index (χ2v) is 6.89. The van der Waals surface area contributed by atoms with Crippen LogP contribution in [0.1, 0.15) is 0 Å². The average molecular weight is 416 g/mol. The molecule has 7 heteroatoms. The quantitative estimate of drug-likeness (QED) is 0.500. The molecule has 158 valence electrons. The number of carbonyl (C=O) groups excluding carboxylic acids is 3. The summed E-state index contributed by atoms with van der Waals surface area (Å²) in [5.41, 5.74) is 1.94. The van der Waals surface area contributed by atoms with Gasteiger partial charge in [0.05, 0.1) is 19.6 Å². The Labute approximate surface area is 181 Å². The van der Waals surface area contributed by atoms with E-state index in [1.807, 2.05) is 54.6 Å². The highest BCUT2D eigenvalue weighted by Gasteiger charge is 2.18. The number of nitrogens with one attached hydrogen (secondary N) is 3. The minimum Gasteiger partial charge on any atom is -0.325 e. The third kappa shape index (κ3) is 7.75. The summed E-state index contributed by atoms with van der Waals surface area (Å²) in [6, 6.07) is 27.1. The molecule has 0 aliphatic rings. The number of benzene rings is 3. The first-order chi connectivity index (χ1) is 15.1. The van der Waals surface area contributed by atoms with E-state index in [1.54, 1.807) is 36.4 Å². The smallest absolute Gasteiger partial charge is 0.238 e. The van der Waals surface area contributed by atoms with Crippen molar-refractivity contribution in [1.82, 2.24) is 4.90 Å². The Morgan fingerprint density at radius 2 is 0.742 bits per heavy atom. The number of amides is 3. The van der Waals surface area contributed by atoms with Crippen LogP contribution in [0, 0.1) is 0 Å². The van der Waals surface area contributed by atoms with Gasteiger partial charge in [-0.1, -0.05) is 54.6 Å². The summed E-state index contributed by atoms with van der Waals surface area (Å²) < 4.78 is 0. The molecule has 7 nitrogen and oxygen atoms in total. The number of anilines is 3. The Kier molecular flexibility index (Phi) is 7.90. The zero-order chi connectivity index (χ0) is 21.9. The van der Waals surface area contributed by atoms with E-state index < -0.39 is 0 Å². The first-order valence-electron chi connectivity index (χ1n) is 9.85. The fraction of sp³-hybridized carbons (Fsp3) is 0.125. The molecule has 31 heavy (non-hydrogen) atoms. The summed E-state index contributed by atoms with van der Waals surface area (Å²) in [5, 5.41) is 8.32. The summed E-state index contributed by atoms with van der Waals surface area (Å²) >= 11 is 0. The van der Waals surface area contributed by atoms with Crippen molar-refractivity contribution in [3.8, 4) is 0 Å². The van der Waals surface area contributed by atoms with Gasteiger partial charge in [-0.05, 0) is 36.4 Å². The molecule has 3 rings (SSSR count). The topological polar surface area (TPSA) is 90.5 Å². The van der Waals surface area contributed by atoms with Crippen molar-refractivity contribution in [3.05, 3.63) is 91.0 Å². The van der Waals surface area contributed by atoms with Crippen molar-refractivity contribution in [2.45, 2.75) is 0 Å². The van der Waals surface area contributed by atoms with Crippen LogP contribution in [0.5, 0.6) is 0 Å². The second-order valence-electron chi connectivity index (χ2n) is 6.89. The van der Waals surface area contributed by atoms with Gasteiger partial charge < -0.3 is 16.0 Å². The van der Waals surface area contributed by atoms with Crippen LogP contribution in [0.2, 0.25) is 0 Å². The van der Waals surface area contributed by atoms with Crippen LogP contribution in [0.3, 0.4) is 0 Å². The van der Waals surface area contributed by atoms with Gasteiger partial charge in [-0.3, -0.25) is 19.3 Å². The van der Waals surface area contributed by atoms with Gasteiger partial charge in [0.1, 0.15) is 0 Å². The second kappa shape index (κ2) is 11.3. The summed E-state index contributed by atoms with van der Waals surface area (Å²) in [6.45, 7) is -0.335. The summed E-state index contributed by atoms with van der Waals surface area (Å²) in [4.78, 5) is 39.0. The summed E-state index contributed by atoms with van der Waals surface area (Å²) in [7, 11) is 0. The first-order valence-corrected chi connectivity index (χ1v) is 9.85. The molecular formula is C24H24N4O3. The highest BCUT2D eigenvalue weighted by atomic mass is 16.2. The maximum Gasteiger partial charge on any atom is 0.238 e. The lowest BCUT2D eigenvalue weighted by Gasteiger charge is -2.21. The monoisotopic (exact) mass is 416 g/mol. The Bertz CT molecular complexity index is 863. The van der Waals surface area contributed by atoms with Crippen LogP contribution in [-0.2, 0) is 14.4 Å². The minimum absolute atomic E-state index is 0.112. The molecule has 3 aromatic carbocycles. The molecule has 0 aliphatic heterocycles. The van der Waals surface area contributed by atoms with Crippen molar-refractivity contribution in [1.29, 1.82) is 0 Å². The van der Waals surface area contributed by atoms with Gasteiger partial charge in [-0.15, -0.1) is 0 Å². The number of para-hydroxylation sites is 3. The zero-order valence-corrected chi connectivity index (χ0v) is 17.0. The number of carbonyl (C=O) groups is 3. The molecule has 0 bridgehead atoms. The predicted molar refractivity (Wildman–Crippen MR) is 122 cm³/mol.